The van der Waals surface area contributed by atoms with Crippen molar-refractivity contribution in [2.75, 3.05) is 11.1 Å². The fourth-order valence-corrected chi connectivity index (χ4v) is 2.77. The average Bonchev–Trinajstić information content (AvgIpc) is 2.78. The second-order valence-corrected chi connectivity index (χ2v) is 5.10. The molecule has 0 aliphatic heterocycles. The molecule has 2 nitrogen and oxygen atoms in total. The highest BCUT2D eigenvalue weighted by atomic mass is 32.1. The molecule has 2 rings (SSSR count). The van der Waals surface area contributed by atoms with Crippen molar-refractivity contribution in [2.24, 2.45) is 0 Å². The molecule has 3 heteroatoms. The zero-order valence-corrected chi connectivity index (χ0v) is 11.1. The zero-order valence-electron chi connectivity index (χ0n) is 10.3. The van der Waals surface area contributed by atoms with Gasteiger partial charge in [-0.05, 0) is 48.1 Å². The van der Waals surface area contributed by atoms with Gasteiger partial charge in [0.1, 0.15) is 0 Å². The van der Waals surface area contributed by atoms with E-state index in [0.29, 0.717) is 0 Å². The van der Waals surface area contributed by atoms with Crippen LogP contribution in [0.5, 0.6) is 0 Å². The van der Waals surface area contributed by atoms with Gasteiger partial charge in [0.15, 0.2) is 0 Å². The van der Waals surface area contributed by atoms with Crippen LogP contribution in [0.2, 0.25) is 0 Å². The van der Waals surface area contributed by atoms with Crippen molar-refractivity contribution < 1.29 is 0 Å². The number of nitrogens with one attached hydrogen (secondary N) is 1. The Morgan fingerprint density at radius 1 is 1.29 bits per heavy atom. The Balaban J connectivity index is 2.10. The Kier molecular flexibility index (Phi) is 3.69. The van der Waals surface area contributed by atoms with Crippen LogP contribution in [-0.2, 0) is 13.0 Å². The minimum Gasteiger partial charge on any atom is -0.398 e. The third-order valence-corrected chi connectivity index (χ3v) is 4.00. The van der Waals surface area contributed by atoms with E-state index in [2.05, 4.69) is 29.8 Å². The monoisotopic (exact) mass is 246 g/mol. The van der Waals surface area contributed by atoms with Crippen LogP contribution >= 0.6 is 11.3 Å². The average molecular weight is 246 g/mol. The van der Waals surface area contributed by atoms with Gasteiger partial charge in [-0.25, -0.2) is 0 Å². The predicted molar refractivity (Wildman–Crippen MR) is 76.6 cm³/mol. The molecule has 0 unspecified atom stereocenters. The van der Waals surface area contributed by atoms with E-state index in [1.165, 1.54) is 10.4 Å². The summed E-state index contributed by atoms with van der Waals surface area (Å²) in [5, 5.41) is 5.62. The van der Waals surface area contributed by atoms with Crippen LogP contribution in [0.4, 0.5) is 11.4 Å². The van der Waals surface area contributed by atoms with Crippen LogP contribution in [0.1, 0.15) is 22.9 Å². The number of thiophene rings is 1. The molecular formula is C14H18N2S. The molecule has 0 aliphatic rings. The van der Waals surface area contributed by atoms with E-state index in [1.54, 1.807) is 0 Å². The number of hydrogen-bond acceptors (Lipinski definition) is 3. The van der Waals surface area contributed by atoms with Crippen LogP contribution in [-0.4, -0.2) is 0 Å². The van der Waals surface area contributed by atoms with Gasteiger partial charge in [-0.1, -0.05) is 13.0 Å². The number of anilines is 2. The van der Waals surface area contributed by atoms with Gasteiger partial charge in [0.25, 0.3) is 0 Å². The van der Waals surface area contributed by atoms with Crippen LogP contribution < -0.4 is 11.1 Å². The smallest absolute Gasteiger partial charge is 0.0497 e. The molecule has 17 heavy (non-hydrogen) atoms. The molecule has 0 bridgehead atoms. The Morgan fingerprint density at radius 3 is 2.88 bits per heavy atom. The molecular weight excluding hydrogens is 228 g/mol. The quantitative estimate of drug-likeness (QED) is 0.805. The molecule has 1 aromatic heterocycles. The van der Waals surface area contributed by atoms with E-state index in [4.69, 9.17) is 5.73 Å². The van der Waals surface area contributed by atoms with Crippen LogP contribution in [0.3, 0.4) is 0 Å². The first-order valence-corrected chi connectivity index (χ1v) is 6.74. The van der Waals surface area contributed by atoms with Gasteiger partial charge >= 0.3 is 0 Å². The van der Waals surface area contributed by atoms with Crippen molar-refractivity contribution in [3.05, 3.63) is 45.6 Å². The van der Waals surface area contributed by atoms with Crippen molar-refractivity contribution >= 4 is 22.7 Å². The van der Waals surface area contributed by atoms with E-state index >= 15 is 0 Å². The predicted octanol–water partition coefficient (Wildman–Crippen LogP) is 3.81. The van der Waals surface area contributed by atoms with Gasteiger partial charge in [0.05, 0.1) is 0 Å². The summed E-state index contributed by atoms with van der Waals surface area (Å²) in [4.78, 5) is 1.41. The number of nitrogens with two attached hydrogens (primary N) is 1. The molecule has 1 aromatic carbocycles. The summed E-state index contributed by atoms with van der Waals surface area (Å²) in [6.45, 7) is 5.12. The number of rotatable bonds is 4. The first kappa shape index (κ1) is 12.0. The van der Waals surface area contributed by atoms with Crippen molar-refractivity contribution in [3.8, 4) is 0 Å². The standard InChI is InChI=1S/C14H18N2S/c1-3-11-7-8-17-14(11)9-16-13-6-4-5-12(15)10(13)2/h4-8,16H,3,9,15H2,1-2H3. The largest absolute Gasteiger partial charge is 0.398 e. The van der Waals surface area contributed by atoms with Crippen molar-refractivity contribution in [1.82, 2.24) is 0 Å². The Morgan fingerprint density at radius 2 is 2.12 bits per heavy atom. The molecule has 0 spiro atoms. The maximum atomic E-state index is 5.89. The Labute approximate surface area is 106 Å². The highest BCUT2D eigenvalue weighted by Crippen LogP contribution is 2.23. The van der Waals surface area contributed by atoms with Gasteiger partial charge in [-0.15, -0.1) is 11.3 Å². The van der Waals surface area contributed by atoms with Crippen molar-refractivity contribution in [3.63, 3.8) is 0 Å². The molecule has 0 radical (unpaired) electrons. The van der Waals surface area contributed by atoms with E-state index in [-0.39, 0.29) is 0 Å². The number of hydrogen-bond donors (Lipinski definition) is 2. The lowest BCUT2D eigenvalue weighted by Crippen LogP contribution is -2.02. The summed E-state index contributed by atoms with van der Waals surface area (Å²) in [6.07, 6.45) is 1.09. The minimum absolute atomic E-state index is 0.844. The third kappa shape index (κ3) is 2.61. The fraction of sp³-hybridized carbons (Fsp3) is 0.286. The molecule has 3 N–H and O–H groups in total. The topological polar surface area (TPSA) is 38.0 Å². The summed E-state index contributed by atoms with van der Waals surface area (Å²) in [6, 6.07) is 8.20. The molecule has 0 aliphatic carbocycles. The lowest BCUT2D eigenvalue weighted by Gasteiger charge is -2.11. The molecule has 0 atom stereocenters. The zero-order chi connectivity index (χ0) is 12.3. The minimum atomic E-state index is 0.844. The Bertz CT molecular complexity index is 503. The number of benzene rings is 1. The van der Waals surface area contributed by atoms with E-state index in [0.717, 1.165) is 29.9 Å². The van der Waals surface area contributed by atoms with Gasteiger partial charge in [0.2, 0.25) is 0 Å². The lowest BCUT2D eigenvalue weighted by atomic mass is 10.1. The molecule has 0 saturated heterocycles. The van der Waals surface area contributed by atoms with Crippen molar-refractivity contribution in [1.29, 1.82) is 0 Å². The van der Waals surface area contributed by atoms with E-state index in [9.17, 15) is 0 Å². The summed E-state index contributed by atoms with van der Waals surface area (Å²) in [5.41, 5.74) is 10.4. The van der Waals surface area contributed by atoms with Crippen LogP contribution in [0.25, 0.3) is 0 Å². The maximum absolute atomic E-state index is 5.89. The fourth-order valence-electron chi connectivity index (χ4n) is 1.86. The molecule has 0 saturated carbocycles. The van der Waals surface area contributed by atoms with Crippen LogP contribution in [0, 0.1) is 6.92 Å². The summed E-state index contributed by atoms with van der Waals surface area (Å²) in [5.74, 6) is 0. The van der Waals surface area contributed by atoms with Crippen LogP contribution in [0.15, 0.2) is 29.6 Å². The highest BCUT2D eigenvalue weighted by molar-refractivity contribution is 7.10. The summed E-state index contributed by atoms with van der Waals surface area (Å²) in [7, 11) is 0. The number of nitrogen functional groups attached to an aromatic ring is 1. The lowest BCUT2D eigenvalue weighted by molar-refractivity contribution is 1.08. The van der Waals surface area contributed by atoms with Gasteiger partial charge in [0, 0.05) is 22.8 Å². The maximum Gasteiger partial charge on any atom is 0.0497 e. The van der Waals surface area contributed by atoms with Gasteiger partial charge < -0.3 is 11.1 Å². The normalized spacial score (nSPS) is 10.5. The first-order chi connectivity index (χ1) is 8.22. The van der Waals surface area contributed by atoms with Gasteiger partial charge in [-0.3, -0.25) is 0 Å². The van der Waals surface area contributed by atoms with Gasteiger partial charge in [-0.2, -0.15) is 0 Å². The highest BCUT2D eigenvalue weighted by Gasteiger charge is 2.04. The first-order valence-electron chi connectivity index (χ1n) is 5.86. The summed E-state index contributed by atoms with van der Waals surface area (Å²) < 4.78 is 0. The SMILES string of the molecule is CCc1ccsc1CNc1cccc(N)c1C. The van der Waals surface area contributed by atoms with E-state index in [1.807, 2.05) is 30.4 Å². The summed E-state index contributed by atoms with van der Waals surface area (Å²) >= 11 is 1.81. The van der Waals surface area contributed by atoms with E-state index < -0.39 is 0 Å². The number of aryl methyl sites for hydroxylation is 1. The molecule has 1 heterocycles. The second-order valence-electron chi connectivity index (χ2n) is 4.10. The van der Waals surface area contributed by atoms with Crippen molar-refractivity contribution in [2.45, 2.75) is 26.8 Å². The second kappa shape index (κ2) is 5.23. The molecule has 90 valence electrons. The molecule has 0 fully saturated rings. The molecule has 2 aromatic rings. The Hall–Kier alpha value is -1.48. The molecule has 0 amide bonds. The third-order valence-electron chi connectivity index (χ3n) is 3.03.